The highest BCUT2D eigenvalue weighted by molar-refractivity contribution is 5.68. The van der Waals surface area contributed by atoms with Crippen LogP contribution in [0.4, 0.5) is 24.7 Å². The average molecular weight is 433 g/mol. The number of carboxylic acid groups (broad SMARTS) is 1. The first-order valence-corrected chi connectivity index (χ1v) is 9.04. The van der Waals surface area contributed by atoms with E-state index in [9.17, 15) is 22.8 Å². The molecule has 0 aliphatic heterocycles. The third kappa shape index (κ3) is 5.03. The first kappa shape index (κ1) is 21.9. The summed E-state index contributed by atoms with van der Waals surface area (Å²) in [6.45, 7) is 2.96. The van der Waals surface area contributed by atoms with Crippen molar-refractivity contribution in [3.63, 3.8) is 0 Å². The SMILES string of the molecule is Cc1cc(-n2ccnc(Nc3ccc(C(F)(F)F)cc3)c2=O)cc(C)c1OCC(=O)O. The average Bonchev–Trinajstić information content (AvgIpc) is 2.68. The molecule has 0 aliphatic rings. The topological polar surface area (TPSA) is 93.5 Å². The van der Waals surface area contributed by atoms with Gasteiger partial charge in [0.05, 0.1) is 5.56 Å². The van der Waals surface area contributed by atoms with Gasteiger partial charge in [-0.15, -0.1) is 0 Å². The van der Waals surface area contributed by atoms with Crippen LogP contribution in [-0.2, 0) is 11.0 Å². The second-order valence-corrected chi connectivity index (χ2v) is 6.74. The molecule has 7 nitrogen and oxygen atoms in total. The smallest absolute Gasteiger partial charge is 0.416 e. The van der Waals surface area contributed by atoms with E-state index in [1.165, 1.54) is 29.1 Å². The van der Waals surface area contributed by atoms with Crippen LogP contribution in [0.15, 0.2) is 53.6 Å². The number of benzene rings is 2. The van der Waals surface area contributed by atoms with Gasteiger partial charge in [0.1, 0.15) is 5.75 Å². The molecule has 0 unspecified atom stereocenters. The highest BCUT2D eigenvalue weighted by Crippen LogP contribution is 2.30. The molecule has 3 aromatic rings. The summed E-state index contributed by atoms with van der Waals surface area (Å²) in [7, 11) is 0. The Morgan fingerprint density at radius 2 is 1.77 bits per heavy atom. The van der Waals surface area contributed by atoms with Gasteiger partial charge in [0, 0.05) is 23.8 Å². The molecule has 0 saturated carbocycles. The van der Waals surface area contributed by atoms with E-state index in [0.29, 0.717) is 22.6 Å². The minimum absolute atomic E-state index is 0.0660. The third-order valence-electron chi connectivity index (χ3n) is 4.38. The lowest BCUT2D eigenvalue weighted by molar-refractivity contribution is -0.139. The van der Waals surface area contributed by atoms with Crippen molar-refractivity contribution in [3.8, 4) is 11.4 Å². The quantitative estimate of drug-likeness (QED) is 0.609. The molecule has 2 aromatic carbocycles. The van der Waals surface area contributed by atoms with E-state index in [0.717, 1.165) is 12.1 Å². The Balaban J connectivity index is 1.91. The Kier molecular flexibility index (Phi) is 6.00. The fourth-order valence-corrected chi connectivity index (χ4v) is 3.01. The van der Waals surface area contributed by atoms with Crippen LogP contribution < -0.4 is 15.6 Å². The van der Waals surface area contributed by atoms with Crippen molar-refractivity contribution < 1.29 is 27.8 Å². The molecular formula is C21H18F3N3O4. The summed E-state index contributed by atoms with van der Waals surface area (Å²) in [5.41, 5.74) is 0.739. The van der Waals surface area contributed by atoms with E-state index in [4.69, 9.17) is 9.84 Å². The number of aryl methyl sites for hydroxylation is 2. The molecule has 0 bridgehead atoms. The van der Waals surface area contributed by atoms with Gasteiger partial charge in [0.15, 0.2) is 12.4 Å². The molecule has 10 heteroatoms. The molecule has 3 rings (SSSR count). The number of halogens is 3. The van der Waals surface area contributed by atoms with E-state index in [1.54, 1.807) is 26.0 Å². The number of anilines is 2. The number of nitrogens with one attached hydrogen (secondary N) is 1. The number of aromatic nitrogens is 2. The molecule has 1 heterocycles. The van der Waals surface area contributed by atoms with E-state index >= 15 is 0 Å². The molecule has 2 N–H and O–H groups in total. The second-order valence-electron chi connectivity index (χ2n) is 6.74. The van der Waals surface area contributed by atoms with Crippen molar-refractivity contribution in [2.45, 2.75) is 20.0 Å². The van der Waals surface area contributed by atoms with Gasteiger partial charge in [-0.3, -0.25) is 9.36 Å². The Morgan fingerprint density at radius 1 is 1.16 bits per heavy atom. The zero-order valence-corrected chi connectivity index (χ0v) is 16.5. The summed E-state index contributed by atoms with van der Waals surface area (Å²) in [6, 6.07) is 7.56. The Labute approximate surface area is 174 Å². The molecule has 0 spiro atoms. The van der Waals surface area contributed by atoms with Crippen LogP contribution in [0.5, 0.6) is 5.75 Å². The van der Waals surface area contributed by atoms with Gasteiger partial charge >= 0.3 is 12.1 Å². The molecule has 0 radical (unpaired) electrons. The number of carbonyl (C=O) groups is 1. The second kappa shape index (κ2) is 8.50. The fourth-order valence-electron chi connectivity index (χ4n) is 3.01. The number of alkyl halides is 3. The van der Waals surface area contributed by atoms with E-state index in [-0.39, 0.29) is 11.5 Å². The number of carboxylic acids is 1. The summed E-state index contributed by atoms with van der Waals surface area (Å²) >= 11 is 0. The van der Waals surface area contributed by atoms with Crippen molar-refractivity contribution in [2.75, 3.05) is 11.9 Å². The van der Waals surface area contributed by atoms with Crippen molar-refractivity contribution in [3.05, 3.63) is 75.8 Å². The lowest BCUT2D eigenvalue weighted by atomic mass is 10.1. The standard InChI is InChI=1S/C21H18F3N3O4/c1-12-9-16(10-13(2)18(12)31-11-17(28)29)27-8-7-25-19(20(27)30)26-15-5-3-14(4-6-15)21(22,23)24/h3-10H,11H2,1-2H3,(H,25,26)(H,28,29). The van der Waals surface area contributed by atoms with E-state index < -0.39 is 29.9 Å². The molecule has 0 fully saturated rings. The van der Waals surface area contributed by atoms with Gasteiger partial charge in [-0.05, 0) is 61.4 Å². The van der Waals surface area contributed by atoms with Crippen molar-refractivity contribution in [1.82, 2.24) is 9.55 Å². The molecule has 0 atom stereocenters. The maximum atomic E-state index is 12.9. The molecule has 0 aliphatic carbocycles. The Morgan fingerprint density at radius 3 is 2.32 bits per heavy atom. The normalized spacial score (nSPS) is 11.3. The van der Waals surface area contributed by atoms with Crippen molar-refractivity contribution >= 4 is 17.5 Å². The summed E-state index contributed by atoms with van der Waals surface area (Å²) < 4.78 is 44.7. The van der Waals surface area contributed by atoms with Gasteiger partial charge in [-0.2, -0.15) is 13.2 Å². The van der Waals surface area contributed by atoms with Crippen molar-refractivity contribution in [2.24, 2.45) is 0 Å². The van der Waals surface area contributed by atoms with Crippen LogP contribution in [-0.4, -0.2) is 27.2 Å². The number of rotatable bonds is 6. The first-order valence-electron chi connectivity index (χ1n) is 9.04. The maximum absolute atomic E-state index is 12.9. The largest absolute Gasteiger partial charge is 0.481 e. The number of hydrogen-bond donors (Lipinski definition) is 2. The first-order chi connectivity index (χ1) is 14.6. The monoisotopic (exact) mass is 433 g/mol. The minimum Gasteiger partial charge on any atom is -0.481 e. The van der Waals surface area contributed by atoms with E-state index in [1.807, 2.05) is 0 Å². The van der Waals surface area contributed by atoms with Gasteiger partial charge in [0.25, 0.3) is 5.56 Å². The molecule has 31 heavy (non-hydrogen) atoms. The molecule has 162 valence electrons. The van der Waals surface area contributed by atoms with Crippen LogP contribution in [0.2, 0.25) is 0 Å². The highest BCUT2D eigenvalue weighted by Gasteiger charge is 2.30. The molecule has 0 saturated heterocycles. The zero-order valence-electron chi connectivity index (χ0n) is 16.5. The number of aliphatic carboxylic acids is 1. The number of hydrogen-bond acceptors (Lipinski definition) is 5. The van der Waals surface area contributed by atoms with E-state index in [2.05, 4.69) is 10.3 Å². The highest BCUT2D eigenvalue weighted by atomic mass is 19.4. The van der Waals surface area contributed by atoms with Gasteiger partial charge in [-0.25, -0.2) is 9.78 Å². The van der Waals surface area contributed by atoms with Gasteiger partial charge in [-0.1, -0.05) is 0 Å². The minimum atomic E-state index is -4.45. The lowest BCUT2D eigenvalue weighted by Gasteiger charge is -2.15. The third-order valence-corrected chi connectivity index (χ3v) is 4.38. The molecule has 0 amide bonds. The molecular weight excluding hydrogens is 415 g/mol. The number of nitrogens with zero attached hydrogens (tertiary/aromatic N) is 2. The fraction of sp³-hybridized carbons (Fsp3) is 0.190. The maximum Gasteiger partial charge on any atom is 0.416 e. The summed E-state index contributed by atoms with van der Waals surface area (Å²) in [5, 5.41) is 11.5. The summed E-state index contributed by atoms with van der Waals surface area (Å²) in [6.07, 6.45) is -1.62. The van der Waals surface area contributed by atoms with Gasteiger partial charge in [0.2, 0.25) is 0 Å². The van der Waals surface area contributed by atoms with Crippen LogP contribution in [0.25, 0.3) is 5.69 Å². The Bertz CT molecular complexity index is 1150. The van der Waals surface area contributed by atoms with Crippen LogP contribution in [0.1, 0.15) is 16.7 Å². The van der Waals surface area contributed by atoms with Crippen molar-refractivity contribution in [1.29, 1.82) is 0 Å². The Hall–Kier alpha value is -3.82. The lowest BCUT2D eigenvalue weighted by Crippen LogP contribution is -2.22. The van der Waals surface area contributed by atoms with Crippen LogP contribution in [0, 0.1) is 13.8 Å². The predicted octanol–water partition coefficient (Wildman–Crippen LogP) is 4.08. The summed E-state index contributed by atoms with van der Waals surface area (Å²) in [5.74, 6) is -0.757. The zero-order chi connectivity index (χ0) is 22.8. The van der Waals surface area contributed by atoms with Crippen LogP contribution >= 0.6 is 0 Å². The van der Waals surface area contributed by atoms with Crippen LogP contribution in [0.3, 0.4) is 0 Å². The summed E-state index contributed by atoms with van der Waals surface area (Å²) in [4.78, 5) is 27.6. The predicted molar refractivity (Wildman–Crippen MR) is 107 cm³/mol. The van der Waals surface area contributed by atoms with Gasteiger partial charge < -0.3 is 15.2 Å². The molecule has 1 aromatic heterocycles. The number of ether oxygens (including phenoxy) is 1.